The zero-order chi connectivity index (χ0) is 15.8. The molecule has 0 saturated carbocycles. The Morgan fingerprint density at radius 3 is 2.70 bits per heavy atom. The molecular formula is C16H9BrFN3OS. The number of halogens is 2. The van der Waals surface area contributed by atoms with Crippen LogP contribution in [-0.2, 0) is 6.42 Å². The van der Waals surface area contributed by atoms with Crippen molar-refractivity contribution < 1.29 is 8.81 Å². The first-order valence-corrected chi connectivity index (χ1v) is 8.42. The fraction of sp³-hybridized carbons (Fsp3) is 0.0625. The van der Waals surface area contributed by atoms with E-state index in [1.54, 1.807) is 6.07 Å². The Morgan fingerprint density at radius 1 is 1.09 bits per heavy atom. The Kier molecular flexibility index (Phi) is 3.66. The minimum atomic E-state index is -0.314. The molecule has 0 radical (unpaired) electrons. The van der Waals surface area contributed by atoms with Crippen LogP contribution >= 0.6 is 27.3 Å². The van der Waals surface area contributed by atoms with Gasteiger partial charge < -0.3 is 4.42 Å². The smallest absolute Gasteiger partial charge is 0.247 e. The molecule has 0 atom stereocenters. The summed E-state index contributed by atoms with van der Waals surface area (Å²) in [6, 6.07) is 12.6. The number of para-hydroxylation sites is 1. The fourth-order valence-electron chi connectivity index (χ4n) is 2.20. The van der Waals surface area contributed by atoms with Gasteiger partial charge in [0.05, 0.1) is 11.1 Å². The highest BCUT2D eigenvalue weighted by Gasteiger charge is 2.13. The standard InChI is InChI=1S/C16H9BrFN3OS/c17-10-6-4-9(5-7-10)16-21-20-13(22-16)8-14-19-15-11(18)2-1-3-12(15)23-14/h1-7H,8H2. The monoisotopic (exact) mass is 389 g/mol. The first-order valence-electron chi connectivity index (χ1n) is 6.81. The highest BCUT2D eigenvalue weighted by atomic mass is 79.9. The molecule has 0 aliphatic carbocycles. The van der Waals surface area contributed by atoms with Crippen LogP contribution < -0.4 is 0 Å². The quantitative estimate of drug-likeness (QED) is 0.503. The van der Waals surface area contributed by atoms with Gasteiger partial charge in [-0.05, 0) is 36.4 Å². The van der Waals surface area contributed by atoms with Crippen LogP contribution in [0.3, 0.4) is 0 Å². The molecule has 4 aromatic rings. The molecule has 2 heterocycles. The van der Waals surface area contributed by atoms with E-state index in [4.69, 9.17) is 4.42 Å². The molecule has 0 aliphatic heterocycles. The van der Waals surface area contributed by atoms with Gasteiger partial charge in [-0.15, -0.1) is 21.5 Å². The van der Waals surface area contributed by atoms with Gasteiger partial charge in [-0.25, -0.2) is 9.37 Å². The SMILES string of the molecule is Fc1cccc2sc(Cc3nnc(-c4ccc(Br)cc4)o3)nc12. The number of aromatic nitrogens is 3. The Balaban J connectivity index is 1.61. The predicted molar refractivity (Wildman–Crippen MR) is 89.8 cm³/mol. The molecule has 4 rings (SSSR count). The first-order chi connectivity index (χ1) is 11.2. The van der Waals surface area contributed by atoms with Gasteiger partial charge in [0.25, 0.3) is 0 Å². The minimum Gasteiger partial charge on any atom is -0.420 e. The second kappa shape index (κ2) is 5.82. The molecule has 0 fully saturated rings. The largest absolute Gasteiger partial charge is 0.420 e. The van der Waals surface area contributed by atoms with Crippen LogP contribution in [0.2, 0.25) is 0 Å². The van der Waals surface area contributed by atoms with E-state index in [1.807, 2.05) is 30.3 Å². The topological polar surface area (TPSA) is 51.8 Å². The van der Waals surface area contributed by atoms with Crippen molar-refractivity contribution in [2.24, 2.45) is 0 Å². The Labute approximate surface area is 143 Å². The number of hydrogen-bond donors (Lipinski definition) is 0. The highest BCUT2D eigenvalue weighted by molar-refractivity contribution is 9.10. The predicted octanol–water partition coefficient (Wildman–Crippen LogP) is 4.84. The number of thiazole rings is 1. The summed E-state index contributed by atoms with van der Waals surface area (Å²) in [6.07, 6.45) is 0.391. The van der Waals surface area contributed by atoms with Crippen molar-refractivity contribution in [3.8, 4) is 11.5 Å². The van der Waals surface area contributed by atoms with E-state index in [0.29, 0.717) is 23.7 Å². The summed E-state index contributed by atoms with van der Waals surface area (Å²) in [7, 11) is 0. The third kappa shape index (κ3) is 2.89. The number of hydrogen-bond acceptors (Lipinski definition) is 5. The molecule has 2 aromatic carbocycles. The molecular weight excluding hydrogens is 381 g/mol. The van der Waals surface area contributed by atoms with E-state index in [-0.39, 0.29) is 5.82 Å². The van der Waals surface area contributed by atoms with Crippen LogP contribution in [0.25, 0.3) is 21.7 Å². The second-order valence-corrected chi connectivity index (χ2v) is 6.91. The van der Waals surface area contributed by atoms with Crippen LogP contribution in [-0.4, -0.2) is 15.2 Å². The first kappa shape index (κ1) is 14.5. The van der Waals surface area contributed by atoms with E-state index in [2.05, 4.69) is 31.1 Å². The van der Waals surface area contributed by atoms with Gasteiger partial charge >= 0.3 is 0 Å². The Hall–Kier alpha value is -2.12. The summed E-state index contributed by atoms with van der Waals surface area (Å²) in [6.45, 7) is 0. The summed E-state index contributed by atoms with van der Waals surface area (Å²) < 4.78 is 21.2. The molecule has 7 heteroatoms. The van der Waals surface area contributed by atoms with Gasteiger partial charge in [0, 0.05) is 10.0 Å². The van der Waals surface area contributed by atoms with E-state index < -0.39 is 0 Å². The highest BCUT2D eigenvalue weighted by Crippen LogP contribution is 2.26. The van der Waals surface area contributed by atoms with Gasteiger partial charge in [0.15, 0.2) is 0 Å². The van der Waals surface area contributed by atoms with Crippen molar-refractivity contribution in [3.05, 3.63) is 63.7 Å². The fourth-order valence-corrected chi connectivity index (χ4v) is 3.44. The summed E-state index contributed by atoms with van der Waals surface area (Å²) in [4.78, 5) is 4.31. The maximum atomic E-state index is 13.7. The lowest BCUT2D eigenvalue weighted by Gasteiger charge is -1.94. The second-order valence-electron chi connectivity index (χ2n) is 4.88. The van der Waals surface area contributed by atoms with Crippen LogP contribution in [0.4, 0.5) is 4.39 Å². The van der Waals surface area contributed by atoms with Crippen molar-refractivity contribution >= 4 is 37.5 Å². The Bertz CT molecular complexity index is 981. The molecule has 0 bridgehead atoms. The summed E-state index contributed by atoms with van der Waals surface area (Å²) in [5.41, 5.74) is 1.24. The number of fused-ring (bicyclic) bond motifs is 1. The van der Waals surface area contributed by atoms with Gasteiger partial charge in [-0.3, -0.25) is 0 Å². The lowest BCUT2D eigenvalue weighted by molar-refractivity contribution is 0.517. The van der Waals surface area contributed by atoms with Gasteiger partial charge in [-0.2, -0.15) is 0 Å². The number of rotatable bonds is 3. The van der Waals surface area contributed by atoms with E-state index in [0.717, 1.165) is 19.7 Å². The van der Waals surface area contributed by atoms with Crippen molar-refractivity contribution in [2.75, 3.05) is 0 Å². The van der Waals surface area contributed by atoms with Crippen molar-refractivity contribution in [1.29, 1.82) is 0 Å². The molecule has 0 N–H and O–H groups in total. The molecule has 0 saturated heterocycles. The third-order valence-corrected chi connectivity index (χ3v) is 4.82. The summed E-state index contributed by atoms with van der Waals surface area (Å²) >= 11 is 4.81. The molecule has 0 spiro atoms. The zero-order valence-electron chi connectivity index (χ0n) is 11.7. The zero-order valence-corrected chi connectivity index (χ0v) is 14.1. The molecule has 0 amide bonds. The van der Waals surface area contributed by atoms with Gasteiger partial charge in [0.1, 0.15) is 16.3 Å². The maximum absolute atomic E-state index is 13.7. The number of nitrogens with zero attached hydrogens (tertiary/aromatic N) is 3. The van der Waals surface area contributed by atoms with E-state index >= 15 is 0 Å². The van der Waals surface area contributed by atoms with Crippen molar-refractivity contribution in [2.45, 2.75) is 6.42 Å². The summed E-state index contributed by atoms with van der Waals surface area (Å²) in [5.74, 6) is 0.605. The van der Waals surface area contributed by atoms with Crippen molar-refractivity contribution in [3.63, 3.8) is 0 Å². The van der Waals surface area contributed by atoms with Crippen LogP contribution in [0.15, 0.2) is 51.4 Å². The maximum Gasteiger partial charge on any atom is 0.247 e. The lowest BCUT2D eigenvalue weighted by atomic mass is 10.2. The Morgan fingerprint density at radius 2 is 1.91 bits per heavy atom. The van der Waals surface area contributed by atoms with Crippen LogP contribution in [0, 0.1) is 5.82 Å². The summed E-state index contributed by atoms with van der Waals surface area (Å²) in [5, 5.41) is 8.85. The molecule has 0 unspecified atom stereocenters. The molecule has 2 aromatic heterocycles. The third-order valence-electron chi connectivity index (χ3n) is 3.27. The lowest BCUT2D eigenvalue weighted by Crippen LogP contribution is -1.87. The normalized spacial score (nSPS) is 11.2. The van der Waals surface area contributed by atoms with E-state index in [9.17, 15) is 4.39 Å². The number of benzene rings is 2. The molecule has 23 heavy (non-hydrogen) atoms. The van der Waals surface area contributed by atoms with Gasteiger partial charge in [0.2, 0.25) is 11.8 Å². The minimum absolute atomic E-state index is 0.314. The molecule has 4 nitrogen and oxygen atoms in total. The molecule has 0 aliphatic rings. The average molecular weight is 390 g/mol. The van der Waals surface area contributed by atoms with Crippen LogP contribution in [0.5, 0.6) is 0 Å². The van der Waals surface area contributed by atoms with E-state index in [1.165, 1.54) is 17.4 Å². The average Bonchev–Trinajstić information content (AvgIpc) is 3.16. The van der Waals surface area contributed by atoms with Crippen molar-refractivity contribution in [1.82, 2.24) is 15.2 Å². The molecule has 114 valence electrons. The van der Waals surface area contributed by atoms with Gasteiger partial charge in [-0.1, -0.05) is 22.0 Å². The van der Waals surface area contributed by atoms with Crippen LogP contribution in [0.1, 0.15) is 10.9 Å².